The second-order valence-corrected chi connectivity index (χ2v) is 8.48. The zero-order valence-corrected chi connectivity index (χ0v) is 19.7. The molecule has 0 radical (unpaired) electrons. The standard InChI is InChI=1S/C29H29N3/c1-18-9-7-10-19(2)28(18)30-22(5)24-13-16-27-25(17-24)14-15-26(32-27)23(6)31-29-20(3)11-8-12-21(29)4/h7-17H,1-6H3. The number of hydrogen-bond acceptors (Lipinski definition) is 3. The normalized spacial score (nSPS) is 12.4. The Balaban J connectivity index is 1.68. The predicted molar refractivity (Wildman–Crippen MR) is 137 cm³/mol. The van der Waals surface area contributed by atoms with Gasteiger partial charge in [-0.15, -0.1) is 0 Å². The van der Waals surface area contributed by atoms with Crippen LogP contribution in [0.15, 0.2) is 76.7 Å². The molecule has 32 heavy (non-hydrogen) atoms. The third kappa shape index (κ3) is 4.38. The Hall–Kier alpha value is -3.59. The van der Waals surface area contributed by atoms with Crippen LogP contribution in [0.5, 0.6) is 0 Å². The van der Waals surface area contributed by atoms with Gasteiger partial charge in [0.2, 0.25) is 0 Å². The summed E-state index contributed by atoms with van der Waals surface area (Å²) in [6, 6.07) is 23.0. The SMILES string of the molecule is CC(=Nc1c(C)cccc1C)c1ccc2nc(C(C)=Nc3c(C)cccc3C)ccc2c1. The van der Waals surface area contributed by atoms with Gasteiger partial charge >= 0.3 is 0 Å². The topological polar surface area (TPSA) is 37.6 Å². The average Bonchev–Trinajstić information content (AvgIpc) is 2.78. The number of benzene rings is 3. The first-order chi connectivity index (χ1) is 15.3. The minimum Gasteiger partial charge on any atom is -0.253 e. The predicted octanol–water partition coefficient (Wildman–Crippen LogP) is 7.75. The quantitative estimate of drug-likeness (QED) is 0.312. The van der Waals surface area contributed by atoms with Gasteiger partial charge in [0.05, 0.1) is 28.3 Å². The Labute approximate surface area is 190 Å². The summed E-state index contributed by atoms with van der Waals surface area (Å²) in [5.41, 5.74) is 11.7. The van der Waals surface area contributed by atoms with Crippen molar-refractivity contribution in [1.82, 2.24) is 4.98 Å². The maximum Gasteiger partial charge on any atom is 0.0849 e. The van der Waals surface area contributed by atoms with Crippen LogP contribution in [0.3, 0.4) is 0 Å². The van der Waals surface area contributed by atoms with E-state index >= 15 is 0 Å². The summed E-state index contributed by atoms with van der Waals surface area (Å²) in [6.07, 6.45) is 0. The fourth-order valence-corrected chi connectivity index (χ4v) is 3.97. The van der Waals surface area contributed by atoms with Crippen molar-refractivity contribution in [2.45, 2.75) is 41.5 Å². The van der Waals surface area contributed by atoms with Crippen molar-refractivity contribution < 1.29 is 0 Å². The molecule has 0 fully saturated rings. The van der Waals surface area contributed by atoms with Gasteiger partial charge in [0, 0.05) is 11.1 Å². The molecular weight excluding hydrogens is 390 g/mol. The maximum atomic E-state index is 4.92. The van der Waals surface area contributed by atoms with E-state index in [0.717, 1.165) is 45.0 Å². The van der Waals surface area contributed by atoms with E-state index in [2.05, 4.69) is 101 Å². The molecule has 3 aromatic carbocycles. The van der Waals surface area contributed by atoms with Gasteiger partial charge in [0.15, 0.2) is 0 Å². The van der Waals surface area contributed by atoms with Crippen molar-refractivity contribution in [1.29, 1.82) is 0 Å². The van der Waals surface area contributed by atoms with Gasteiger partial charge in [0.1, 0.15) is 0 Å². The molecule has 1 heterocycles. The number of hydrogen-bond donors (Lipinski definition) is 0. The maximum absolute atomic E-state index is 4.92. The fraction of sp³-hybridized carbons (Fsp3) is 0.207. The average molecular weight is 420 g/mol. The Kier molecular flexibility index (Phi) is 6.00. The minimum absolute atomic E-state index is 0.897. The second-order valence-electron chi connectivity index (χ2n) is 8.48. The lowest BCUT2D eigenvalue weighted by Gasteiger charge is -2.09. The van der Waals surface area contributed by atoms with E-state index in [1.807, 2.05) is 6.92 Å². The molecule has 0 spiro atoms. The molecule has 3 heteroatoms. The third-order valence-corrected chi connectivity index (χ3v) is 5.92. The lowest BCUT2D eigenvalue weighted by Crippen LogP contribution is -2.00. The second kappa shape index (κ2) is 8.88. The van der Waals surface area contributed by atoms with Crippen molar-refractivity contribution in [3.05, 3.63) is 100 Å². The smallest absolute Gasteiger partial charge is 0.0849 e. The van der Waals surface area contributed by atoms with Gasteiger partial charge < -0.3 is 0 Å². The number of fused-ring (bicyclic) bond motifs is 1. The monoisotopic (exact) mass is 419 g/mol. The van der Waals surface area contributed by atoms with Crippen molar-refractivity contribution >= 4 is 33.7 Å². The van der Waals surface area contributed by atoms with Crippen LogP contribution >= 0.6 is 0 Å². The van der Waals surface area contributed by atoms with Crippen LogP contribution in [0.1, 0.15) is 47.4 Å². The zero-order valence-electron chi connectivity index (χ0n) is 19.7. The summed E-state index contributed by atoms with van der Waals surface area (Å²) in [5, 5.41) is 1.10. The highest BCUT2D eigenvalue weighted by Crippen LogP contribution is 2.26. The Morgan fingerprint density at radius 1 is 0.625 bits per heavy atom. The number of aromatic nitrogens is 1. The molecule has 1 aromatic heterocycles. The van der Waals surface area contributed by atoms with Gasteiger partial charge in [-0.2, -0.15) is 0 Å². The van der Waals surface area contributed by atoms with E-state index in [9.17, 15) is 0 Å². The highest BCUT2D eigenvalue weighted by Gasteiger charge is 2.08. The van der Waals surface area contributed by atoms with Crippen LogP contribution in [0, 0.1) is 27.7 Å². The third-order valence-electron chi connectivity index (χ3n) is 5.92. The van der Waals surface area contributed by atoms with Gasteiger partial charge in [0.25, 0.3) is 0 Å². The summed E-state index contributed by atoms with van der Waals surface area (Å²) >= 11 is 0. The van der Waals surface area contributed by atoms with E-state index in [1.165, 1.54) is 22.3 Å². The summed E-state index contributed by atoms with van der Waals surface area (Å²) in [4.78, 5) is 14.7. The zero-order chi connectivity index (χ0) is 22.8. The molecule has 3 nitrogen and oxygen atoms in total. The number of aliphatic imine (C=N–C) groups is 2. The molecule has 0 N–H and O–H groups in total. The van der Waals surface area contributed by atoms with Gasteiger partial charge in [-0.1, -0.05) is 48.5 Å². The van der Waals surface area contributed by atoms with Crippen LogP contribution in [-0.4, -0.2) is 16.4 Å². The number of nitrogens with zero attached hydrogens (tertiary/aromatic N) is 3. The van der Waals surface area contributed by atoms with E-state index in [0.29, 0.717) is 0 Å². The van der Waals surface area contributed by atoms with Crippen LogP contribution < -0.4 is 0 Å². The molecule has 0 saturated carbocycles. The Morgan fingerprint density at radius 2 is 1.16 bits per heavy atom. The number of aryl methyl sites for hydroxylation is 4. The molecule has 0 amide bonds. The Bertz CT molecular complexity index is 1230. The Morgan fingerprint density at radius 3 is 1.72 bits per heavy atom. The number of para-hydroxylation sites is 2. The van der Waals surface area contributed by atoms with E-state index in [-0.39, 0.29) is 0 Å². The molecule has 0 aliphatic carbocycles. The number of pyridine rings is 1. The molecule has 0 bridgehead atoms. The largest absolute Gasteiger partial charge is 0.253 e. The van der Waals surface area contributed by atoms with Crippen LogP contribution in [0.4, 0.5) is 11.4 Å². The van der Waals surface area contributed by atoms with E-state index in [1.54, 1.807) is 0 Å². The molecule has 0 atom stereocenters. The van der Waals surface area contributed by atoms with Crippen molar-refractivity contribution in [2.24, 2.45) is 9.98 Å². The molecule has 160 valence electrons. The molecular formula is C29H29N3. The summed E-state index contributed by atoms with van der Waals surface area (Å²) in [6.45, 7) is 12.5. The van der Waals surface area contributed by atoms with Crippen LogP contribution in [0.2, 0.25) is 0 Å². The first-order valence-electron chi connectivity index (χ1n) is 11.0. The summed E-state index contributed by atoms with van der Waals surface area (Å²) in [7, 11) is 0. The van der Waals surface area contributed by atoms with E-state index < -0.39 is 0 Å². The lowest BCUT2D eigenvalue weighted by molar-refractivity contribution is 1.29. The van der Waals surface area contributed by atoms with Gasteiger partial charge in [-0.05, 0) is 87.6 Å². The first-order valence-corrected chi connectivity index (χ1v) is 11.0. The minimum atomic E-state index is 0.897. The van der Waals surface area contributed by atoms with E-state index in [4.69, 9.17) is 15.0 Å². The van der Waals surface area contributed by atoms with Crippen molar-refractivity contribution in [2.75, 3.05) is 0 Å². The summed E-state index contributed by atoms with van der Waals surface area (Å²) in [5.74, 6) is 0. The first kappa shape index (κ1) is 21.6. The van der Waals surface area contributed by atoms with Crippen molar-refractivity contribution in [3.8, 4) is 0 Å². The lowest BCUT2D eigenvalue weighted by atomic mass is 10.1. The highest BCUT2D eigenvalue weighted by molar-refractivity contribution is 6.04. The number of rotatable bonds is 4. The molecule has 0 aliphatic heterocycles. The highest BCUT2D eigenvalue weighted by atomic mass is 14.8. The summed E-state index contributed by atoms with van der Waals surface area (Å²) < 4.78 is 0. The van der Waals surface area contributed by atoms with Gasteiger partial charge in [-0.25, -0.2) is 4.98 Å². The molecule has 0 aliphatic rings. The molecule has 0 unspecified atom stereocenters. The molecule has 0 saturated heterocycles. The van der Waals surface area contributed by atoms with Crippen LogP contribution in [0.25, 0.3) is 10.9 Å². The fourth-order valence-electron chi connectivity index (χ4n) is 3.97. The molecule has 4 aromatic rings. The van der Waals surface area contributed by atoms with Crippen LogP contribution in [-0.2, 0) is 0 Å². The van der Waals surface area contributed by atoms with Gasteiger partial charge in [-0.3, -0.25) is 9.98 Å². The molecule has 4 rings (SSSR count). The van der Waals surface area contributed by atoms with Crippen molar-refractivity contribution in [3.63, 3.8) is 0 Å².